The molecule has 0 aliphatic heterocycles. The van der Waals surface area contributed by atoms with Gasteiger partial charge in [0.25, 0.3) is 0 Å². The SMILES string of the molecule is C=CCCC1CCC(C2CC=C(c3ccc(CCCCC)c(F)c3F)CC2)CC1. The van der Waals surface area contributed by atoms with Crippen LogP contribution in [0.25, 0.3) is 5.57 Å². The second kappa shape index (κ2) is 11.1. The average Bonchev–Trinajstić information content (AvgIpc) is 2.76. The summed E-state index contributed by atoms with van der Waals surface area (Å²) in [4.78, 5) is 0. The Morgan fingerprint density at radius 2 is 1.79 bits per heavy atom. The van der Waals surface area contributed by atoms with Gasteiger partial charge in [0, 0.05) is 5.56 Å². The Kier molecular flexibility index (Phi) is 8.51. The van der Waals surface area contributed by atoms with E-state index in [9.17, 15) is 8.78 Å². The van der Waals surface area contributed by atoms with Gasteiger partial charge < -0.3 is 0 Å². The molecule has 0 amide bonds. The Hall–Kier alpha value is -1.44. The Bertz CT molecular complexity index is 695. The van der Waals surface area contributed by atoms with Crippen LogP contribution in [0.1, 0.15) is 95.1 Å². The molecule has 1 atom stereocenters. The van der Waals surface area contributed by atoms with Gasteiger partial charge in [-0.15, -0.1) is 6.58 Å². The summed E-state index contributed by atoms with van der Waals surface area (Å²) in [5, 5.41) is 0. The van der Waals surface area contributed by atoms with Crippen LogP contribution in [0.4, 0.5) is 8.78 Å². The fraction of sp³-hybridized carbons (Fsp3) is 0.630. The normalized spacial score (nSPS) is 24.9. The summed E-state index contributed by atoms with van der Waals surface area (Å²) < 4.78 is 29.3. The molecule has 0 heterocycles. The maximum absolute atomic E-state index is 14.7. The predicted octanol–water partition coefficient (Wildman–Crippen LogP) is 8.65. The lowest BCUT2D eigenvalue weighted by Gasteiger charge is -2.35. The molecule has 160 valence electrons. The number of aryl methyl sites for hydroxylation is 1. The van der Waals surface area contributed by atoms with Crippen LogP contribution in [0.2, 0.25) is 0 Å². The van der Waals surface area contributed by atoms with E-state index in [0.29, 0.717) is 17.5 Å². The molecule has 1 unspecified atom stereocenters. The van der Waals surface area contributed by atoms with E-state index >= 15 is 0 Å². The maximum Gasteiger partial charge on any atom is 0.166 e. The van der Waals surface area contributed by atoms with Crippen LogP contribution in [0, 0.1) is 29.4 Å². The van der Waals surface area contributed by atoms with Gasteiger partial charge in [0.2, 0.25) is 0 Å². The zero-order valence-corrected chi connectivity index (χ0v) is 18.2. The monoisotopic (exact) mass is 400 g/mol. The standard InChI is InChI=1S/C27H38F2/c1-3-5-7-9-24-18-19-25(27(29)26(24)28)23-16-14-22(15-17-23)21-12-10-20(11-13-21)8-6-4-2/h4,16,18-22H,2-3,5-15,17H2,1H3. The topological polar surface area (TPSA) is 0 Å². The first-order valence-corrected chi connectivity index (χ1v) is 11.9. The highest BCUT2D eigenvalue weighted by Gasteiger charge is 2.29. The van der Waals surface area contributed by atoms with Crippen LogP contribution in [0.3, 0.4) is 0 Å². The smallest absolute Gasteiger partial charge is 0.166 e. The molecule has 0 spiro atoms. The van der Waals surface area contributed by atoms with E-state index in [1.807, 2.05) is 12.1 Å². The van der Waals surface area contributed by atoms with Crippen LogP contribution in [0.5, 0.6) is 0 Å². The lowest BCUT2D eigenvalue weighted by atomic mass is 9.70. The molecule has 0 saturated heterocycles. The third-order valence-electron chi connectivity index (χ3n) is 7.35. The molecule has 2 heteroatoms. The molecule has 0 N–H and O–H groups in total. The minimum atomic E-state index is -0.633. The van der Waals surface area contributed by atoms with Crippen LogP contribution in [-0.4, -0.2) is 0 Å². The average molecular weight is 401 g/mol. The van der Waals surface area contributed by atoms with E-state index in [4.69, 9.17) is 0 Å². The van der Waals surface area contributed by atoms with Gasteiger partial charge in [0.05, 0.1) is 0 Å². The van der Waals surface area contributed by atoms with Gasteiger partial charge in [0.1, 0.15) is 0 Å². The Morgan fingerprint density at radius 3 is 2.45 bits per heavy atom. The first-order valence-electron chi connectivity index (χ1n) is 11.9. The molecule has 0 aromatic heterocycles. The van der Waals surface area contributed by atoms with E-state index in [2.05, 4.69) is 19.6 Å². The molecular weight excluding hydrogens is 362 g/mol. The third-order valence-corrected chi connectivity index (χ3v) is 7.35. The molecule has 1 aromatic carbocycles. The Morgan fingerprint density at radius 1 is 1.00 bits per heavy atom. The summed E-state index contributed by atoms with van der Waals surface area (Å²) in [6.45, 7) is 5.96. The Labute approximate surface area is 176 Å². The van der Waals surface area contributed by atoms with Crippen molar-refractivity contribution in [2.45, 2.75) is 90.4 Å². The van der Waals surface area contributed by atoms with Crippen molar-refractivity contribution in [2.24, 2.45) is 17.8 Å². The highest BCUT2D eigenvalue weighted by Crippen LogP contribution is 2.42. The van der Waals surface area contributed by atoms with E-state index in [0.717, 1.165) is 68.3 Å². The lowest BCUT2D eigenvalue weighted by molar-refractivity contribution is 0.190. The molecule has 2 aliphatic rings. The number of unbranched alkanes of at least 4 members (excludes halogenated alkanes) is 2. The van der Waals surface area contributed by atoms with Crippen LogP contribution in [-0.2, 0) is 6.42 Å². The molecule has 1 fully saturated rings. The van der Waals surface area contributed by atoms with Gasteiger partial charge in [-0.2, -0.15) is 0 Å². The van der Waals surface area contributed by atoms with Crippen LogP contribution in [0.15, 0.2) is 30.9 Å². The first kappa shape index (κ1) is 22.2. The van der Waals surface area contributed by atoms with Gasteiger partial charge in [-0.25, -0.2) is 8.78 Å². The minimum absolute atomic E-state index is 0.494. The molecule has 0 bridgehead atoms. The summed E-state index contributed by atoms with van der Waals surface area (Å²) in [7, 11) is 0. The summed E-state index contributed by atoms with van der Waals surface area (Å²) >= 11 is 0. The second-order valence-electron chi connectivity index (χ2n) is 9.27. The minimum Gasteiger partial charge on any atom is -0.203 e. The fourth-order valence-corrected chi connectivity index (χ4v) is 5.43. The zero-order chi connectivity index (χ0) is 20.6. The molecule has 29 heavy (non-hydrogen) atoms. The highest BCUT2D eigenvalue weighted by atomic mass is 19.2. The molecule has 0 nitrogen and oxygen atoms in total. The number of benzene rings is 1. The number of allylic oxidation sites excluding steroid dienone is 3. The molecule has 1 aromatic rings. The molecule has 3 rings (SSSR count). The van der Waals surface area contributed by atoms with Crippen molar-refractivity contribution in [3.63, 3.8) is 0 Å². The van der Waals surface area contributed by atoms with Crippen LogP contribution >= 0.6 is 0 Å². The predicted molar refractivity (Wildman–Crippen MR) is 120 cm³/mol. The highest BCUT2D eigenvalue weighted by molar-refractivity contribution is 5.67. The molecule has 1 saturated carbocycles. The van der Waals surface area contributed by atoms with Crippen molar-refractivity contribution in [1.29, 1.82) is 0 Å². The third kappa shape index (κ3) is 5.80. The van der Waals surface area contributed by atoms with Crippen LogP contribution < -0.4 is 0 Å². The summed E-state index contributed by atoms with van der Waals surface area (Å²) in [6.07, 6.45) is 18.8. The number of halogens is 2. The summed E-state index contributed by atoms with van der Waals surface area (Å²) in [6, 6.07) is 3.62. The summed E-state index contributed by atoms with van der Waals surface area (Å²) in [5.74, 6) is 1.16. The van der Waals surface area contributed by atoms with Gasteiger partial charge >= 0.3 is 0 Å². The van der Waals surface area contributed by atoms with E-state index < -0.39 is 11.6 Å². The number of hydrogen-bond donors (Lipinski definition) is 0. The van der Waals surface area contributed by atoms with E-state index in [1.165, 1.54) is 32.1 Å². The number of hydrogen-bond acceptors (Lipinski definition) is 0. The van der Waals surface area contributed by atoms with Crippen molar-refractivity contribution in [3.05, 3.63) is 53.6 Å². The quantitative estimate of drug-likeness (QED) is 0.287. The molecule has 2 aliphatic carbocycles. The van der Waals surface area contributed by atoms with Gasteiger partial charge in [-0.3, -0.25) is 0 Å². The molecular formula is C27H38F2. The zero-order valence-electron chi connectivity index (χ0n) is 18.2. The molecule has 0 radical (unpaired) electrons. The number of rotatable bonds is 9. The van der Waals surface area contributed by atoms with Crippen molar-refractivity contribution in [2.75, 3.05) is 0 Å². The van der Waals surface area contributed by atoms with Gasteiger partial charge in [0.15, 0.2) is 11.6 Å². The van der Waals surface area contributed by atoms with Gasteiger partial charge in [-0.1, -0.05) is 56.9 Å². The fourth-order valence-electron chi connectivity index (χ4n) is 5.43. The Balaban J connectivity index is 1.57. The van der Waals surface area contributed by atoms with Gasteiger partial charge in [-0.05, 0) is 86.7 Å². The van der Waals surface area contributed by atoms with Crippen molar-refractivity contribution in [1.82, 2.24) is 0 Å². The maximum atomic E-state index is 14.7. The van der Waals surface area contributed by atoms with Crippen molar-refractivity contribution < 1.29 is 8.78 Å². The van der Waals surface area contributed by atoms with Crippen molar-refractivity contribution in [3.8, 4) is 0 Å². The van der Waals surface area contributed by atoms with E-state index in [-0.39, 0.29) is 0 Å². The lowest BCUT2D eigenvalue weighted by Crippen LogP contribution is -2.23. The van der Waals surface area contributed by atoms with Crippen molar-refractivity contribution >= 4 is 5.57 Å². The second-order valence-corrected chi connectivity index (χ2v) is 9.27. The largest absolute Gasteiger partial charge is 0.203 e. The first-order chi connectivity index (χ1) is 14.1. The van der Waals surface area contributed by atoms with E-state index in [1.54, 1.807) is 6.07 Å². The summed E-state index contributed by atoms with van der Waals surface area (Å²) in [5.41, 5.74) is 2.04.